The summed E-state index contributed by atoms with van der Waals surface area (Å²) >= 11 is 9.89. The third-order valence-electron chi connectivity index (χ3n) is 3.78. The van der Waals surface area contributed by atoms with Crippen LogP contribution in [-0.2, 0) is 0 Å². The smallest absolute Gasteiger partial charge is 0.0944 e. The fourth-order valence-corrected chi connectivity index (χ4v) is 3.53. The van der Waals surface area contributed by atoms with Gasteiger partial charge in [-0.25, -0.2) is 0 Å². The molecule has 0 aliphatic carbocycles. The van der Waals surface area contributed by atoms with Gasteiger partial charge in [0.25, 0.3) is 0 Å². The molecule has 0 unspecified atom stereocenters. The molecule has 1 heterocycles. The van der Waals surface area contributed by atoms with Gasteiger partial charge in [-0.2, -0.15) is 0 Å². The van der Waals surface area contributed by atoms with Crippen LogP contribution in [0.3, 0.4) is 0 Å². The highest BCUT2D eigenvalue weighted by molar-refractivity contribution is 9.10. The standard InChI is InChI=1S/C16H22BrClN2/c1-4-6-7-16-14(5-2)20(11-19(16)3)15-9-8-12(17)10-13(15)18/h8-10H,4-7,11H2,1-3H3. The lowest BCUT2D eigenvalue weighted by Gasteiger charge is -2.23. The van der Waals surface area contributed by atoms with Gasteiger partial charge in [0, 0.05) is 22.9 Å². The molecule has 1 aromatic rings. The number of hydrogen-bond acceptors (Lipinski definition) is 2. The summed E-state index contributed by atoms with van der Waals surface area (Å²) in [6, 6.07) is 6.12. The SMILES string of the molecule is CCCCC1=C(CC)N(c2ccc(Br)cc2Cl)CN1C. The summed E-state index contributed by atoms with van der Waals surface area (Å²) in [5.74, 6) is 0. The van der Waals surface area contributed by atoms with Crippen LogP contribution in [0.15, 0.2) is 34.1 Å². The summed E-state index contributed by atoms with van der Waals surface area (Å²) in [5.41, 5.74) is 3.98. The molecule has 0 atom stereocenters. The second-order valence-corrected chi connectivity index (χ2v) is 6.54. The van der Waals surface area contributed by atoms with E-state index in [1.54, 1.807) is 0 Å². The van der Waals surface area contributed by atoms with Gasteiger partial charge in [0.1, 0.15) is 0 Å². The van der Waals surface area contributed by atoms with Crippen molar-refractivity contribution in [3.8, 4) is 0 Å². The molecule has 0 spiro atoms. The highest BCUT2D eigenvalue weighted by Gasteiger charge is 2.27. The molecule has 110 valence electrons. The number of rotatable bonds is 5. The van der Waals surface area contributed by atoms with E-state index in [2.05, 4.69) is 58.8 Å². The molecule has 20 heavy (non-hydrogen) atoms. The largest absolute Gasteiger partial charge is 0.358 e. The first kappa shape index (κ1) is 15.7. The minimum atomic E-state index is 0.801. The molecule has 1 aliphatic heterocycles. The molecule has 2 rings (SSSR count). The van der Waals surface area contributed by atoms with E-state index in [-0.39, 0.29) is 0 Å². The Kier molecular flexibility index (Phi) is 5.39. The molecule has 0 saturated carbocycles. The van der Waals surface area contributed by atoms with E-state index in [0.717, 1.165) is 34.7 Å². The van der Waals surface area contributed by atoms with Gasteiger partial charge in [0.05, 0.1) is 17.4 Å². The molecule has 4 heteroatoms. The van der Waals surface area contributed by atoms with E-state index in [1.807, 2.05) is 6.07 Å². The number of anilines is 1. The Balaban J connectivity index is 2.34. The maximum atomic E-state index is 6.42. The lowest BCUT2D eigenvalue weighted by atomic mass is 10.1. The first-order chi connectivity index (χ1) is 9.58. The molecule has 0 amide bonds. The molecule has 0 bridgehead atoms. The van der Waals surface area contributed by atoms with Gasteiger partial charge >= 0.3 is 0 Å². The minimum Gasteiger partial charge on any atom is -0.358 e. The number of allylic oxidation sites excluding steroid dienone is 2. The molecule has 0 N–H and O–H groups in total. The summed E-state index contributed by atoms with van der Waals surface area (Å²) in [6.07, 6.45) is 4.66. The van der Waals surface area contributed by atoms with E-state index in [0.29, 0.717) is 0 Å². The van der Waals surface area contributed by atoms with E-state index < -0.39 is 0 Å². The van der Waals surface area contributed by atoms with Gasteiger partial charge in [0.2, 0.25) is 0 Å². The van der Waals surface area contributed by atoms with Crippen LogP contribution in [0, 0.1) is 0 Å². The Morgan fingerprint density at radius 3 is 2.60 bits per heavy atom. The van der Waals surface area contributed by atoms with Crippen LogP contribution < -0.4 is 4.90 Å². The highest BCUT2D eigenvalue weighted by atomic mass is 79.9. The molecule has 0 fully saturated rings. The third-order valence-corrected chi connectivity index (χ3v) is 4.57. The Morgan fingerprint density at radius 1 is 1.25 bits per heavy atom. The zero-order chi connectivity index (χ0) is 14.7. The number of benzene rings is 1. The summed E-state index contributed by atoms with van der Waals surface area (Å²) in [6.45, 7) is 5.36. The van der Waals surface area contributed by atoms with Crippen LogP contribution in [0.1, 0.15) is 39.5 Å². The molecule has 1 aromatic carbocycles. The highest BCUT2D eigenvalue weighted by Crippen LogP contribution is 2.37. The summed E-state index contributed by atoms with van der Waals surface area (Å²) in [5, 5.41) is 0.801. The van der Waals surface area contributed by atoms with Crippen LogP contribution >= 0.6 is 27.5 Å². The average Bonchev–Trinajstić information content (AvgIpc) is 2.72. The van der Waals surface area contributed by atoms with E-state index in [4.69, 9.17) is 11.6 Å². The van der Waals surface area contributed by atoms with Crippen molar-refractivity contribution in [2.45, 2.75) is 39.5 Å². The number of nitrogens with zero attached hydrogens (tertiary/aromatic N) is 2. The molecule has 0 radical (unpaired) electrons. The maximum absolute atomic E-state index is 6.42. The zero-order valence-electron chi connectivity index (χ0n) is 12.4. The van der Waals surface area contributed by atoms with Gasteiger partial charge in [-0.15, -0.1) is 0 Å². The van der Waals surface area contributed by atoms with Gasteiger partial charge < -0.3 is 9.80 Å². The Bertz CT molecular complexity index is 513. The molecule has 0 saturated heterocycles. The third kappa shape index (κ3) is 3.15. The van der Waals surface area contributed by atoms with Crippen LogP contribution in [0.2, 0.25) is 5.02 Å². The number of unbranched alkanes of at least 4 members (excludes halogenated alkanes) is 1. The van der Waals surface area contributed by atoms with Gasteiger partial charge in [0.15, 0.2) is 0 Å². The van der Waals surface area contributed by atoms with Crippen LogP contribution in [-0.4, -0.2) is 18.6 Å². The number of halogens is 2. The van der Waals surface area contributed by atoms with Crippen molar-refractivity contribution >= 4 is 33.2 Å². The molecule has 0 aromatic heterocycles. The van der Waals surface area contributed by atoms with Crippen molar-refractivity contribution in [3.63, 3.8) is 0 Å². The maximum Gasteiger partial charge on any atom is 0.0944 e. The second-order valence-electron chi connectivity index (χ2n) is 5.21. The molecule has 2 nitrogen and oxygen atoms in total. The summed E-state index contributed by atoms with van der Waals surface area (Å²) < 4.78 is 1.02. The first-order valence-corrected chi connectivity index (χ1v) is 8.41. The number of hydrogen-bond donors (Lipinski definition) is 0. The molecule has 1 aliphatic rings. The fraction of sp³-hybridized carbons (Fsp3) is 0.500. The van der Waals surface area contributed by atoms with Crippen molar-refractivity contribution in [3.05, 3.63) is 39.1 Å². The Hall–Kier alpha value is -0.670. The van der Waals surface area contributed by atoms with Gasteiger partial charge in [-0.1, -0.05) is 47.8 Å². The predicted molar refractivity (Wildman–Crippen MR) is 91.1 cm³/mol. The van der Waals surface area contributed by atoms with E-state index in [9.17, 15) is 0 Å². The lowest BCUT2D eigenvalue weighted by molar-refractivity contribution is 0.436. The van der Waals surface area contributed by atoms with Crippen molar-refractivity contribution in [1.82, 2.24) is 4.90 Å². The summed E-state index contributed by atoms with van der Waals surface area (Å²) in [4.78, 5) is 4.70. The van der Waals surface area contributed by atoms with Crippen LogP contribution in [0.25, 0.3) is 0 Å². The van der Waals surface area contributed by atoms with Crippen molar-refractivity contribution < 1.29 is 0 Å². The van der Waals surface area contributed by atoms with Crippen LogP contribution in [0.5, 0.6) is 0 Å². The van der Waals surface area contributed by atoms with Gasteiger partial charge in [-0.05, 0) is 37.5 Å². The molecular weight excluding hydrogens is 336 g/mol. The predicted octanol–water partition coefficient (Wildman–Crippen LogP) is 5.62. The first-order valence-electron chi connectivity index (χ1n) is 7.24. The van der Waals surface area contributed by atoms with Crippen molar-refractivity contribution in [1.29, 1.82) is 0 Å². The summed E-state index contributed by atoms with van der Waals surface area (Å²) in [7, 11) is 2.17. The van der Waals surface area contributed by atoms with E-state index >= 15 is 0 Å². The Morgan fingerprint density at radius 2 is 2.00 bits per heavy atom. The zero-order valence-corrected chi connectivity index (χ0v) is 14.8. The fourth-order valence-electron chi connectivity index (χ4n) is 2.75. The molecular formula is C16H22BrClN2. The quantitative estimate of drug-likeness (QED) is 0.674. The van der Waals surface area contributed by atoms with Crippen LogP contribution in [0.4, 0.5) is 5.69 Å². The second kappa shape index (κ2) is 6.86. The topological polar surface area (TPSA) is 6.48 Å². The van der Waals surface area contributed by atoms with E-state index in [1.165, 1.54) is 24.2 Å². The lowest BCUT2D eigenvalue weighted by Crippen LogP contribution is -2.25. The normalized spacial score (nSPS) is 15.4. The Labute approximate surface area is 135 Å². The van der Waals surface area contributed by atoms with Crippen molar-refractivity contribution in [2.24, 2.45) is 0 Å². The minimum absolute atomic E-state index is 0.801. The van der Waals surface area contributed by atoms with Gasteiger partial charge in [-0.3, -0.25) is 0 Å². The monoisotopic (exact) mass is 356 g/mol. The van der Waals surface area contributed by atoms with Crippen molar-refractivity contribution in [2.75, 3.05) is 18.6 Å². The average molecular weight is 358 g/mol.